The van der Waals surface area contributed by atoms with Gasteiger partial charge in [-0.15, -0.1) is 11.3 Å². The van der Waals surface area contributed by atoms with Crippen molar-refractivity contribution in [1.29, 1.82) is 0 Å². The highest BCUT2D eigenvalue weighted by atomic mass is 32.1. The second-order valence-electron chi connectivity index (χ2n) is 6.61. The van der Waals surface area contributed by atoms with E-state index in [1.54, 1.807) is 6.20 Å². The maximum Gasteiger partial charge on any atom is 0.222 e. The molecule has 128 valence electrons. The maximum atomic E-state index is 12.3. The summed E-state index contributed by atoms with van der Waals surface area (Å²) in [5, 5.41) is 5.97. The van der Waals surface area contributed by atoms with Gasteiger partial charge in [-0.3, -0.25) is 4.79 Å². The molecule has 7 heteroatoms. The van der Waals surface area contributed by atoms with Crippen molar-refractivity contribution in [2.75, 3.05) is 18.4 Å². The summed E-state index contributed by atoms with van der Waals surface area (Å²) in [5.41, 5.74) is 1.00. The molecule has 0 spiro atoms. The molecule has 3 rings (SSSR count). The molecule has 1 fully saturated rings. The molecule has 0 unspecified atom stereocenters. The van der Waals surface area contributed by atoms with E-state index < -0.39 is 0 Å². The SMILES string of the molecule is Cc1nc(Nc2nccs2)cc([C@H]2CCN(C(=O)CC(C)C)C2)n1. The molecule has 0 bridgehead atoms. The minimum atomic E-state index is 0.249. The number of anilines is 2. The Bertz CT molecular complexity index is 701. The molecule has 0 saturated carbocycles. The smallest absolute Gasteiger partial charge is 0.222 e. The number of carbonyl (C=O) groups is 1. The highest BCUT2D eigenvalue weighted by Crippen LogP contribution is 2.28. The van der Waals surface area contributed by atoms with Crippen molar-refractivity contribution in [1.82, 2.24) is 19.9 Å². The van der Waals surface area contributed by atoms with Crippen LogP contribution in [0.5, 0.6) is 0 Å². The summed E-state index contributed by atoms with van der Waals surface area (Å²) in [6, 6.07) is 1.98. The van der Waals surface area contributed by atoms with Crippen molar-refractivity contribution < 1.29 is 4.79 Å². The summed E-state index contributed by atoms with van der Waals surface area (Å²) >= 11 is 1.54. The third-order valence-electron chi connectivity index (χ3n) is 4.07. The van der Waals surface area contributed by atoms with Gasteiger partial charge < -0.3 is 10.2 Å². The molecule has 0 aromatic carbocycles. The van der Waals surface area contributed by atoms with E-state index in [2.05, 4.69) is 34.1 Å². The third-order valence-corrected chi connectivity index (χ3v) is 4.76. The normalized spacial score (nSPS) is 17.5. The Morgan fingerprint density at radius 3 is 3.00 bits per heavy atom. The first-order valence-electron chi connectivity index (χ1n) is 8.31. The lowest BCUT2D eigenvalue weighted by atomic mass is 10.0. The van der Waals surface area contributed by atoms with Crippen LogP contribution in [0.4, 0.5) is 10.9 Å². The zero-order valence-electron chi connectivity index (χ0n) is 14.3. The predicted octanol–water partition coefficient (Wildman–Crippen LogP) is 3.35. The lowest BCUT2D eigenvalue weighted by Crippen LogP contribution is -2.29. The van der Waals surface area contributed by atoms with E-state index >= 15 is 0 Å². The fourth-order valence-corrected chi connectivity index (χ4v) is 3.50. The second kappa shape index (κ2) is 7.25. The number of aryl methyl sites for hydroxylation is 1. The molecule has 1 N–H and O–H groups in total. The molecule has 0 radical (unpaired) electrons. The Morgan fingerprint density at radius 2 is 2.29 bits per heavy atom. The van der Waals surface area contributed by atoms with Crippen LogP contribution in [-0.2, 0) is 4.79 Å². The number of nitrogens with one attached hydrogen (secondary N) is 1. The molecule has 6 nitrogen and oxygen atoms in total. The van der Waals surface area contributed by atoms with Crippen LogP contribution in [0.3, 0.4) is 0 Å². The number of amides is 1. The van der Waals surface area contributed by atoms with Gasteiger partial charge in [0.05, 0.1) is 5.69 Å². The van der Waals surface area contributed by atoms with Crippen LogP contribution >= 0.6 is 11.3 Å². The van der Waals surface area contributed by atoms with Crippen molar-refractivity contribution in [2.45, 2.75) is 39.5 Å². The van der Waals surface area contributed by atoms with Crippen molar-refractivity contribution in [3.05, 3.63) is 29.2 Å². The van der Waals surface area contributed by atoms with Crippen molar-refractivity contribution in [2.24, 2.45) is 5.92 Å². The van der Waals surface area contributed by atoms with E-state index in [0.717, 1.165) is 42.0 Å². The summed E-state index contributed by atoms with van der Waals surface area (Å²) in [7, 11) is 0. The van der Waals surface area contributed by atoms with Crippen molar-refractivity contribution in [3.8, 4) is 0 Å². The number of nitrogens with zero attached hydrogens (tertiary/aromatic N) is 4. The van der Waals surface area contributed by atoms with Crippen LogP contribution in [0.25, 0.3) is 0 Å². The van der Waals surface area contributed by atoms with Gasteiger partial charge in [0, 0.05) is 43.1 Å². The Hall–Kier alpha value is -2.02. The van der Waals surface area contributed by atoms with Gasteiger partial charge in [-0.25, -0.2) is 15.0 Å². The Balaban J connectivity index is 1.71. The van der Waals surface area contributed by atoms with Gasteiger partial charge in [-0.05, 0) is 19.3 Å². The molecule has 0 aliphatic carbocycles. The lowest BCUT2D eigenvalue weighted by molar-refractivity contribution is -0.130. The van der Waals surface area contributed by atoms with E-state index in [0.29, 0.717) is 12.3 Å². The highest BCUT2D eigenvalue weighted by molar-refractivity contribution is 7.13. The minimum absolute atomic E-state index is 0.249. The molecule has 1 aliphatic rings. The lowest BCUT2D eigenvalue weighted by Gasteiger charge is -2.18. The fourth-order valence-electron chi connectivity index (χ4n) is 2.97. The van der Waals surface area contributed by atoms with E-state index in [-0.39, 0.29) is 11.8 Å². The summed E-state index contributed by atoms with van der Waals surface area (Å²) in [4.78, 5) is 27.5. The first-order valence-corrected chi connectivity index (χ1v) is 9.19. The fraction of sp³-hybridized carbons (Fsp3) is 0.529. The van der Waals surface area contributed by atoms with Crippen molar-refractivity contribution >= 4 is 28.2 Å². The maximum absolute atomic E-state index is 12.3. The number of hydrogen-bond donors (Lipinski definition) is 1. The van der Waals surface area contributed by atoms with Crippen LogP contribution in [0.2, 0.25) is 0 Å². The van der Waals surface area contributed by atoms with Gasteiger partial charge in [-0.2, -0.15) is 0 Å². The average Bonchev–Trinajstić information content (AvgIpc) is 3.17. The molecular weight excluding hydrogens is 322 g/mol. The molecule has 1 aliphatic heterocycles. The summed E-state index contributed by atoms with van der Waals surface area (Å²) < 4.78 is 0. The predicted molar refractivity (Wildman–Crippen MR) is 95.6 cm³/mol. The minimum Gasteiger partial charge on any atom is -0.342 e. The van der Waals surface area contributed by atoms with E-state index in [9.17, 15) is 4.79 Å². The quantitative estimate of drug-likeness (QED) is 0.900. The standard InChI is InChI=1S/C17H23N5OS/c1-11(2)8-16(23)22-6-4-13(10-22)14-9-15(20-12(3)19-14)21-17-18-5-7-24-17/h5,7,9,11,13H,4,6,8,10H2,1-3H3,(H,18,19,20,21)/t13-/m0/s1. The second-order valence-corrected chi connectivity index (χ2v) is 7.51. The first kappa shape index (κ1) is 16.8. The van der Waals surface area contributed by atoms with Crippen LogP contribution in [0, 0.1) is 12.8 Å². The Labute approximate surface area is 146 Å². The van der Waals surface area contributed by atoms with Crippen LogP contribution in [0.15, 0.2) is 17.6 Å². The molecule has 24 heavy (non-hydrogen) atoms. The number of likely N-dealkylation sites (tertiary alicyclic amines) is 1. The molecule has 2 aromatic rings. The number of thiazole rings is 1. The molecule has 1 saturated heterocycles. The van der Waals surface area contributed by atoms with Crippen LogP contribution in [0.1, 0.15) is 44.1 Å². The summed E-state index contributed by atoms with van der Waals surface area (Å²) in [6.07, 6.45) is 3.33. The van der Waals surface area contributed by atoms with E-state index in [1.807, 2.05) is 23.3 Å². The number of hydrogen-bond acceptors (Lipinski definition) is 6. The summed E-state index contributed by atoms with van der Waals surface area (Å²) in [5.74, 6) is 2.42. The zero-order valence-corrected chi connectivity index (χ0v) is 15.1. The molecule has 1 amide bonds. The van der Waals surface area contributed by atoms with Gasteiger partial charge in [0.25, 0.3) is 0 Å². The van der Waals surface area contributed by atoms with E-state index in [1.165, 1.54) is 11.3 Å². The van der Waals surface area contributed by atoms with Crippen LogP contribution < -0.4 is 5.32 Å². The topological polar surface area (TPSA) is 71.0 Å². The molecule has 2 aromatic heterocycles. The monoisotopic (exact) mass is 345 g/mol. The number of rotatable bonds is 5. The number of carbonyl (C=O) groups excluding carboxylic acids is 1. The highest BCUT2D eigenvalue weighted by Gasteiger charge is 2.28. The van der Waals surface area contributed by atoms with Gasteiger partial charge in [0.2, 0.25) is 5.91 Å². The number of aromatic nitrogens is 3. The Kier molecular flexibility index (Phi) is 5.08. The third kappa shape index (κ3) is 4.08. The zero-order chi connectivity index (χ0) is 17.1. The molecule has 3 heterocycles. The van der Waals surface area contributed by atoms with Gasteiger partial charge in [-0.1, -0.05) is 13.8 Å². The first-order chi connectivity index (χ1) is 11.5. The van der Waals surface area contributed by atoms with E-state index in [4.69, 9.17) is 0 Å². The molecular formula is C17H23N5OS. The van der Waals surface area contributed by atoms with Gasteiger partial charge in [0.1, 0.15) is 11.6 Å². The van der Waals surface area contributed by atoms with Crippen molar-refractivity contribution in [3.63, 3.8) is 0 Å². The Morgan fingerprint density at radius 1 is 1.46 bits per heavy atom. The average molecular weight is 345 g/mol. The summed E-state index contributed by atoms with van der Waals surface area (Å²) in [6.45, 7) is 7.62. The van der Waals surface area contributed by atoms with Gasteiger partial charge >= 0.3 is 0 Å². The van der Waals surface area contributed by atoms with Crippen LogP contribution in [-0.4, -0.2) is 38.8 Å². The molecule has 1 atom stereocenters. The largest absolute Gasteiger partial charge is 0.342 e. The van der Waals surface area contributed by atoms with Gasteiger partial charge in [0.15, 0.2) is 5.13 Å².